The van der Waals surface area contributed by atoms with Gasteiger partial charge in [0.2, 0.25) is 0 Å². The number of rotatable bonds is 3. The van der Waals surface area contributed by atoms with Crippen molar-refractivity contribution in [1.82, 2.24) is 0 Å². The predicted octanol–water partition coefficient (Wildman–Crippen LogP) is 5.67. The van der Waals surface area contributed by atoms with Crippen LogP contribution in [0.1, 0.15) is 60.8 Å². The summed E-state index contributed by atoms with van der Waals surface area (Å²) in [6.07, 6.45) is 8.09. The lowest BCUT2D eigenvalue weighted by molar-refractivity contribution is 0.258. The van der Waals surface area contributed by atoms with Gasteiger partial charge in [-0.3, -0.25) is 0 Å². The molecule has 0 bridgehead atoms. The SMILES string of the molecule is C=C(C)/C=C/CC1=C(C)C(C)(C)CCC1(C)C. The van der Waals surface area contributed by atoms with Crippen molar-refractivity contribution in [3.63, 3.8) is 0 Å². The summed E-state index contributed by atoms with van der Waals surface area (Å²) in [6.45, 7) is 17.8. The molecule has 17 heavy (non-hydrogen) atoms. The summed E-state index contributed by atoms with van der Waals surface area (Å²) in [5.74, 6) is 0. The molecule has 0 aromatic rings. The van der Waals surface area contributed by atoms with E-state index in [2.05, 4.69) is 53.3 Å². The van der Waals surface area contributed by atoms with Gasteiger partial charge in [-0.05, 0) is 43.9 Å². The minimum absolute atomic E-state index is 0.360. The summed E-state index contributed by atoms with van der Waals surface area (Å²) in [4.78, 5) is 0. The molecule has 0 N–H and O–H groups in total. The fourth-order valence-electron chi connectivity index (χ4n) is 2.69. The minimum atomic E-state index is 0.360. The Morgan fingerprint density at radius 1 is 1.18 bits per heavy atom. The van der Waals surface area contributed by atoms with Crippen LogP contribution >= 0.6 is 0 Å². The first-order valence-electron chi connectivity index (χ1n) is 6.69. The zero-order valence-corrected chi connectivity index (χ0v) is 12.5. The zero-order chi connectivity index (χ0) is 13.3. The maximum Gasteiger partial charge on any atom is -0.0127 e. The summed E-state index contributed by atoms with van der Waals surface area (Å²) in [7, 11) is 0. The van der Waals surface area contributed by atoms with Crippen LogP contribution in [0.5, 0.6) is 0 Å². The summed E-state index contributed by atoms with van der Waals surface area (Å²) in [6, 6.07) is 0. The molecule has 0 amide bonds. The highest BCUT2D eigenvalue weighted by molar-refractivity contribution is 5.30. The lowest BCUT2D eigenvalue weighted by Crippen LogP contribution is -2.29. The molecule has 1 aliphatic carbocycles. The van der Waals surface area contributed by atoms with Crippen LogP contribution in [0.15, 0.2) is 35.5 Å². The summed E-state index contributed by atoms with van der Waals surface area (Å²) >= 11 is 0. The van der Waals surface area contributed by atoms with E-state index in [0.29, 0.717) is 10.8 Å². The second-order valence-electron chi connectivity index (χ2n) is 6.82. The maximum atomic E-state index is 3.92. The molecule has 0 heterocycles. The molecule has 0 atom stereocenters. The number of hydrogen-bond donors (Lipinski definition) is 0. The average Bonchev–Trinajstić information content (AvgIpc) is 2.18. The van der Waals surface area contributed by atoms with Crippen molar-refractivity contribution in [2.75, 3.05) is 0 Å². The minimum Gasteiger partial charge on any atom is -0.0961 e. The normalized spacial score (nSPS) is 23.2. The highest BCUT2D eigenvalue weighted by atomic mass is 14.4. The van der Waals surface area contributed by atoms with Crippen molar-refractivity contribution in [3.8, 4) is 0 Å². The first-order chi connectivity index (χ1) is 7.67. The zero-order valence-electron chi connectivity index (χ0n) is 12.5. The molecule has 1 rings (SSSR count). The predicted molar refractivity (Wildman–Crippen MR) is 78.1 cm³/mol. The fraction of sp³-hybridized carbons (Fsp3) is 0.647. The molecule has 0 nitrogen and oxygen atoms in total. The van der Waals surface area contributed by atoms with Crippen molar-refractivity contribution in [1.29, 1.82) is 0 Å². The number of allylic oxidation sites excluding steroid dienone is 5. The largest absolute Gasteiger partial charge is 0.0961 e. The van der Waals surface area contributed by atoms with Crippen LogP contribution in [0.4, 0.5) is 0 Å². The third kappa shape index (κ3) is 3.34. The molecule has 0 aliphatic heterocycles. The lowest BCUT2D eigenvalue weighted by atomic mass is 9.63. The number of hydrogen-bond acceptors (Lipinski definition) is 0. The molecule has 0 heteroatoms. The molecule has 0 aromatic carbocycles. The van der Waals surface area contributed by atoms with E-state index in [4.69, 9.17) is 0 Å². The van der Waals surface area contributed by atoms with Crippen LogP contribution < -0.4 is 0 Å². The van der Waals surface area contributed by atoms with Crippen molar-refractivity contribution >= 4 is 0 Å². The first kappa shape index (κ1) is 14.3. The van der Waals surface area contributed by atoms with Gasteiger partial charge in [0.25, 0.3) is 0 Å². The van der Waals surface area contributed by atoms with Gasteiger partial charge >= 0.3 is 0 Å². The van der Waals surface area contributed by atoms with Gasteiger partial charge in [-0.25, -0.2) is 0 Å². The third-order valence-corrected chi connectivity index (χ3v) is 4.38. The van der Waals surface area contributed by atoms with Crippen molar-refractivity contribution < 1.29 is 0 Å². The Morgan fingerprint density at radius 2 is 1.71 bits per heavy atom. The van der Waals surface area contributed by atoms with Gasteiger partial charge in [0.15, 0.2) is 0 Å². The van der Waals surface area contributed by atoms with E-state index in [1.165, 1.54) is 12.8 Å². The van der Waals surface area contributed by atoms with Gasteiger partial charge in [-0.2, -0.15) is 0 Å². The third-order valence-electron chi connectivity index (χ3n) is 4.38. The Hall–Kier alpha value is -0.780. The molecular weight excluding hydrogens is 204 g/mol. The van der Waals surface area contributed by atoms with Gasteiger partial charge in [0.05, 0.1) is 0 Å². The fourth-order valence-corrected chi connectivity index (χ4v) is 2.69. The van der Waals surface area contributed by atoms with Crippen molar-refractivity contribution in [2.24, 2.45) is 10.8 Å². The molecule has 1 aliphatic rings. The van der Waals surface area contributed by atoms with Gasteiger partial charge in [0, 0.05) is 0 Å². The van der Waals surface area contributed by atoms with E-state index in [-0.39, 0.29) is 0 Å². The Labute approximate surface area is 108 Å². The van der Waals surface area contributed by atoms with E-state index < -0.39 is 0 Å². The molecule has 96 valence electrons. The summed E-state index contributed by atoms with van der Waals surface area (Å²) in [5.41, 5.74) is 5.10. The maximum absolute atomic E-state index is 3.92. The van der Waals surface area contributed by atoms with E-state index in [9.17, 15) is 0 Å². The molecule has 0 radical (unpaired) electrons. The summed E-state index contributed by atoms with van der Waals surface area (Å²) in [5, 5.41) is 0. The van der Waals surface area contributed by atoms with Crippen LogP contribution in [0.25, 0.3) is 0 Å². The Balaban J connectivity index is 3.01. The van der Waals surface area contributed by atoms with Gasteiger partial charge in [-0.15, -0.1) is 0 Å². The monoisotopic (exact) mass is 232 g/mol. The quantitative estimate of drug-likeness (QED) is 0.434. The Kier molecular flexibility index (Phi) is 4.06. The molecule has 0 saturated carbocycles. The summed E-state index contributed by atoms with van der Waals surface area (Å²) < 4.78 is 0. The molecule has 0 aromatic heterocycles. The van der Waals surface area contributed by atoms with E-state index in [0.717, 1.165) is 12.0 Å². The Morgan fingerprint density at radius 3 is 2.24 bits per heavy atom. The standard InChI is InChI=1S/C17H28/c1-13(2)9-8-10-15-14(3)16(4,5)11-12-17(15,6)7/h8-9H,1,10-12H2,2-7H3/b9-8+. The molecule has 0 fully saturated rings. The molecule has 0 unspecified atom stereocenters. The van der Waals surface area contributed by atoms with E-state index in [1.54, 1.807) is 11.1 Å². The van der Waals surface area contributed by atoms with Crippen LogP contribution in [-0.4, -0.2) is 0 Å². The van der Waals surface area contributed by atoms with Crippen molar-refractivity contribution in [3.05, 3.63) is 35.5 Å². The van der Waals surface area contributed by atoms with E-state index in [1.807, 2.05) is 6.92 Å². The highest BCUT2D eigenvalue weighted by Gasteiger charge is 2.36. The molecular formula is C17H28. The van der Waals surface area contributed by atoms with Crippen LogP contribution in [0.2, 0.25) is 0 Å². The van der Waals surface area contributed by atoms with Crippen LogP contribution in [0, 0.1) is 10.8 Å². The molecule has 0 spiro atoms. The lowest BCUT2D eigenvalue weighted by Gasteiger charge is -2.42. The second kappa shape index (κ2) is 4.84. The van der Waals surface area contributed by atoms with Gasteiger partial charge in [0.1, 0.15) is 0 Å². The van der Waals surface area contributed by atoms with Gasteiger partial charge in [-0.1, -0.05) is 63.1 Å². The van der Waals surface area contributed by atoms with Crippen LogP contribution in [-0.2, 0) is 0 Å². The molecule has 0 saturated heterocycles. The van der Waals surface area contributed by atoms with E-state index >= 15 is 0 Å². The second-order valence-corrected chi connectivity index (χ2v) is 6.82. The Bertz CT molecular complexity index is 361. The average molecular weight is 232 g/mol. The smallest absolute Gasteiger partial charge is 0.0127 e. The highest BCUT2D eigenvalue weighted by Crippen LogP contribution is 2.49. The first-order valence-corrected chi connectivity index (χ1v) is 6.69. The van der Waals surface area contributed by atoms with Gasteiger partial charge < -0.3 is 0 Å². The van der Waals surface area contributed by atoms with Crippen LogP contribution in [0.3, 0.4) is 0 Å². The topological polar surface area (TPSA) is 0 Å². The van der Waals surface area contributed by atoms with Crippen molar-refractivity contribution in [2.45, 2.75) is 60.8 Å².